The van der Waals surface area contributed by atoms with E-state index in [0.29, 0.717) is 0 Å². The van der Waals surface area contributed by atoms with Crippen LogP contribution in [0.4, 0.5) is 0 Å². The highest BCUT2D eigenvalue weighted by Gasteiger charge is 2.25. The Labute approximate surface area is 234 Å². The summed E-state index contributed by atoms with van der Waals surface area (Å²) in [6.45, 7) is 13.9. The van der Waals surface area contributed by atoms with Crippen molar-refractivity contribution < 1.29 is 0 Å². The molecule has 0 fully saturated rings. The maximum atomic E-state index is 4.64. The normalized spacial score (nSPS) is 12.8. The molecule has 0 N–H and O–H groups in total. The predicted octanol–water partition coefficient (Wildman–Crippen LogP) is 10.2. The number of rotatable bonds is 5. The quantitative estimate of drug-likeness (QED) is 0.215. The fraction of sp³-hybridized carbons (Fsp3) is 0.237. The van der Waals surface area contributed by atoms with Crippen LogP contribution in [0.1, 0.15) is 75.3 Å². The molecule has 0 bridgehead atoms. The summed E-state index contributed by atoms with van der Waals surface area (Å²) in [5.74, 6) is 0.0840. The summed E-state index contributed by atoms with van der Waals surface area (Å²) in [4.78, 5) is 4.64. The molecule has 1 unspecified atom stereocenters. The van der Waals surface area contributed by atoms with Gasteiger partial charge in [-0.3, -0.25) is 4.98 Å². The molecule has 0 amide bonds. The van der Waals surface area contributed by atoms with Crippen LogP contribution >= 0.6 is 0 Å². The van der Waals surface area contributed by atoms with Crippen molar-refractivity contribution in [2.45, 2.75) is 58.3 Å². The number of hydrogen-bond acceptors (Lipinski definition) is 1. The molecule has 0 saturated heterocycles. The van der Waals surface area contributed by atoms with Gasteiger partial charge in [0.25, 0.3) is 0 Å². The Morgan fingerprint density at radius 1 is 0.462 bits per heavy atom. The third kappa shape index (κ3) is 6.04. The Bertz CT molecular complexity index is 1440. The molecule has 0 aliphatic carbocycles. The third-order valence-corrected chi connectivity index (χ3v) is 7.53. The molecule has 5 rings (SSSR count). The average Bonchev–Trinajstić information content (AvgIpc) is 2.93. The van der Waals surface area contributed by atoms with Gasteiger partial charge >= 0.3 is 0 Å². The molecule has 1 aromatic heterocycles. The van der Waals surface area contributed by atoms with Crippen LogP contribution in [0.15, 0.2) is 121 Å². The van der Waals surface area contributed by atoms with E-state index in [-0.39, 0.29) is 16.7 Å². The number of hydrogen-bond donors (Lipinski definition) is 0. The first kappa shape index (κ1) is 26.6. The zero-order valence-electron chi connectivity index (χ0n) is 24.1. The van der Waals surface area contributed by atoms with E-state index in [9.17, 15) is 0 Å². The van der Waals surface area contributed by atoms with Crippen LogP contribution in [-0.2, 0) is 10.8 Å². The van der Waals surface area contributed by atoms with Gasteiger partial charge in [0.2, 0.25) is 0 Å². The monoisotopic (exact) mass is 509 g/mol. The maximum absolute atomic E-state index is 4.64. The van der Waals surface area contributed by atoms with Crippen molar-refractivity contribution in [3.05, 3.63) is 149 Å². The molecule has 0 saturated carbocycles. The molecule has 1 atom stereocenters. The van der Waals surface area contributed by atoms with Crippen LogP contribution in [0.3, 0.4) is 0 Å². The van der Waals surface area contributed by atoms with Crippen LogP contribution in [0, 0.1) is 0 Å². The SMILES string of the molecule is CC(C)(C)c1cc(C(c2cccc(-c3ccccc3)c2)c2cccc(-c3ccccn3)c2)cc(C(C)(C)C)c1. The van der Waals surface area contributed by atoms with Crippen molar-refractivity contribution in [3.8, 4) is 22.4 Å². The summed E-state index contributed by atoms with van der Waals surface area (Å²) in [6.07, 6.45) is 1.87. The molecule has 5 aromatic rings. The number of benzene rings is 4. The predicted molar refractivity (Wildman–Crippen MR) is 166 cm³/mol. The summed E-state index contributed by atoms with van der Waals surface area (Å²) < 4.78 is 0. The highest BCUT2D eigenvalue weighted by atomic mass is 14.7. The minimum Gasteiger partial charge on any atom is -0.256 e. The topological polar surface area (TPSA) is 12.9 Å². The smallest absolute Gasteiger partial charge is 0.0702 e. The first-order valence-electron chi connectivity index (χ1n) is 13.9. The second kappa shape index (κ2) is 10.7. The van der Waals surface area contributed by atoms with Crippen LogP contribution < -0.4 is 0 Å². The second-order valence-corrected chi connectivity index (χ2v) is 12.6. The molecule has 0 radical (unpaired) electrons. The fourth-order valence-corrected chi connectivity index (χ4v) is 5.20. The summed E-state index contributed by atoms with van der Waals surface area (Å²) in [7, 11) is 0. The van der Waals surface area contributed by atoms with E-state index in [1.165, 1.54) is 38.9 Å². The Kier molecular flexibility index (Phi) is 7.28. The van der Waals surface area contributed by atoms with Crippen LogP contribution in [0.2, 0.25) is 0 Å². The summed E-state index contributed by atoms with van der Waals surface area (Å²) in [5.41, 5.74) is 11.3. The van der Waals surface area contributed by atoms with Crippen LogP contribution in [-0.4, -0.2) is 4.98 Å². The van der Waals surface area contributed by atoms with Gasteiger partial charge in [-0.1, -0.05) is 139 Å². The standard InChI is InChI=1S/C38H39N/c1-37(2,3)33-24-32(25-34(26-33)38(4,5)6)36(30-18-12-16-28(22-30)27-14-8-7-9-15-27)31-19-13-17-29(23-31)35-20-10-11-21-39-35/h7-26,36H,1-6H3. The fourth-order valence-electron chi connectivity index (χ4n) is 5.20. The second-order valence-electron chi connectivity index (χ2n) is 12.6. The Balaban J connectivity index is 1.75. The van der Waals surface area contributed by atoms with E-state index < -0.39 is 0 Å². The molecular weight excluding hydrogens is 470 g/mol. The largest absolute Gasteiger partial charge is 0.256 e. The Morgan fingerprint density at radius 3 is 1.56 bits per heavy atom. The van der Waals surface area contributed by atoms with Crippen molar-refractivity contribution in [2.24, 2.45) is 0 Å². The number of nitrogens with zero attached hydrogens (tertiary/aromatic N) is 1. The van der Waals surface area contributed by atoms with Crippen molar-refractivity contribution in [1.82, 2.24) is 4.98 Å². The van der Waals surface area contributed by atoms with Gasteiger partial charge in [-0.25, -0.2) is 0 Å². The first-order chi connectivity index (χ1) is 18.6. The minimum atomic E-state index is 0.0439. The van der Waals surface area contributed by atoms with E-state index in [1.54, 1.807) is 0 Å². The Morgan fingerprint density at radius 2 is 1.00 bits per heavy atom. The molecule has 196 valence electrons. The van der Waals surface area contributed by atoms with Gasteiger partial charge < -0.3 is 0 Å². The molecule has 4 aromatic carbocycles. The lowest BCUT2D eigenvalue weighted by molar-refractivity contribution is 0.566. The molecule has 1 heterocycles. The zero-order chi connectivity index (χ0) is 27.6. The lowest BCUT2D eigenvalue weighted by Gasteiger charge is -2.29. The third-order valence-electron chi connectivity index (χ3n) is 7.53. The van der Waals surface area contributed by atoms with Gasteiger partial charge in [0.15, 0.2) is 0 Å². The number of aromatic nitrogens is 1. The highest BCUT2D eigenvalue weighted by molar-refractivity contribution is 5.66. The first-order valence-corrected chi connectivity index (χ1v) is 13.9. The van der Waals surface area contributed by atoms with Gasteiger partial charge in [0, 0.05) is 17.7 Å². The van der Waals surface area contributed by atoms with E-state index in [4.69, 9.17) is 0 Å². The van der Waals surface area contributed by atoms with Crippen molar-refractivity contribution in [1.29, 1.82) is 0 Å². The molecule has 0 aliphatic rings. The van der Waals surface area contributed by atoms with E-state index in [1.807, 2.05) is 12.3 Å². The lowest BCUT2D eigenvalue weighted by atomic mass is 9.75. The van der Waals surface area contributed by atoms with Gasteiger partial charge in [-0.05, 0) is 68.0 Å². The average molecular weight is 510 g/mol. The summed E-state index contributed by atoms with van der Waals surface area (Å²) in [5, 5.41) is 0. The van der Waals surface area contributed by atoms with Crippen molar-refractivity contribution in [2.75, 3.05) is 0 Å². The van der Waals surface area contributed by atoms with Gasteiger partial charge in [0.05, 0.1) is 5.69 Å². The summed E-state index contributed by atoms with van der Waals surface area (Å²) >= 11 is 0. The van der Waals surface area contributed by atoms with E-state index in [0.717, 1.165) is 11.3 Å². The molecule has 0 spiro atoms. The highest BCUT2D eigenvalue weighted by Crippen LogP contribution is 2.39. The summed E-state index contributed by atoms with van der Waals surface area (Å²) in [6, 6.07) is 42.0. The lowest BCUT2D eigenvalue weighted by Crippen LogP contribution is -2.18. The minimum absolute atomic E-state index is 0.0439. The zero-order valence-corrected chi connectivity index (χ0v) is 24.1. The number of pyridine rings is 1. The van der Waals surface area contributed by atoms with E-state index >= 15 is 0 Å². The Hall–Kier alpha value is -3.97. The van der Waals surface area contributed by atoms with Crippen molar-refractivity contribution in [3.63, 3.8) is 0 Å². The van der Waals surface area contributed by atoms with E-state index in [2.05, 4.69) is 156 Å². The molecule has 39 heavy (non-hydrogen) atoms. The van der Waals surface area contributed by atoms with Crippen LogP contribution in [0.25, 0.3) is 22.4 Å². The molecule has 1 heteroatoms. The van der Waals surface area contributed by atoms with Crippen molar-refractivity contribution >= 4 is 0 Å². The molecule has 0 aliphatic heterocycles. The maximum Gasteiger partial charge on any atom is 0.0702 e. The van der Waals surface area contributed by atoms with Gasteiger partial charge in [-0.2, -0.15) is 0 Å². The van der Waals surface area contributed by atoms with Gasteiger partial charge in [0.1, 0.15) is 0 Å². The molecular formula is C38H39N. The van der Waals surface area contributed by atoms with Gasteiger partial charge in [-0.15, -0.1) is 0 Å². The van der Waals surface area contributed by atoms with Crippen LogP contribution in [0.5, 0.6) is 0 Å². The molecule has 1 nitrogen and oxygen atoms in total.